The van der Waals surface area contributed by atoms with Crippen LogP contribution in [0.15, 0.2) is 29.0 Å². The molecule has 20 heavy (non-hydrogen) atoms. The van der Waals surface area contributed by atoms with Crippen molar-refractivity contribution in [1.82, 2.24) is 9.55 Å². The number of nitrogens with two attached hydrogens (primary N) is 1. The van der Waals surface area contributed by atoms with E-state index in [1.165, 1.54) is 18.7 Å². The fourth-order valence-electron chi connectivity index (χ4n) is 2.21. The van der Waals surface area contributed by atoms with Crippen molar-refractivity contribution in [3.8, 4) is 5.75 Å². The number of rotatable bonds is 4. The van der Waals surface area contributed by atoms with Gasteiger partial charge in [0.05, 0.1) is 18.1 Å². The van der Waals surface area contributed by atoms with Crippen molar-refractivity contribution < 1.29 is 9.13 Å². The van der Waals surface area contributed by atoms with Crippen molar-refractivity contribution in [3.05, 3.63) is 40.3 Å². The van der Waals surface area contributed by atoms with Gasteiger partial charge in [0.1, 0.15) is 0 Å². The minimum absolute atomic E-state index is 0.203. The molecular weight excluding hydrogens is 277 g/mol. The molecule has 2 heterocycles. The lowest BCUT2D eigenvalue weighted by atomic mass is 10.2. The zero-order chi connectivity index (χ0) is 14.1. The fraction of sp³-hybridized carbons (Fsp3) is 0.214. The molecule has 3 rings (SSSR count). The Morgan fingerprint density at radius 1 is 1.45 bits per heavy atom. The lowest BCUT2D eigenvalue weighted by Crippen LogP contribution is -2.05. The number of thiophene rings is 1. The van der Waals surface area contributed by atoms with E-state index in [1.54, 1.807) is 17.4 Å². The van der Waals surface area contributed by atoms with Crippen LogP contribution in [0.1, 0.15) is 5.56 Å². The van der Waals surface area contributed by atoms with E-state index in [9.17, 15) is 4.39 Å². The summed E-state index contributed by atoms with van der Waals surface area (Å²) in [4.78, 5) is 4.20. The van der Waals surface area contributed by atoms with E-state index in [1.807, 2.05) is 9.95 Å². The molecule has 2 N–H and O–H groups in total. The second kappa shape index (κ2) is 5.13. The minimum Gasteiger partial charge on any atom is -0.494 e. The van der Waals surface area contributed by atoms with Crippen LogP contribution in [0, 0.1) is 5.82 Å². The van der Waals surface area contributed by atoms with Crippen molar-refractivity contribution in [1.29, 1.82) is 0 Å². The van der Waals surface area contributed by atoms with Crippen molar-refractivity contribution in [2.45, 2.75) is 13.0 Å². The van der Waals surface area contributed by atoms with Gasteiger partial charge in [0.15, 0.2) is 11.6 Å². The molecular formula is C14H14FN3OS. The molecule has 0 aliphatic heterocycles. The number of nitrogens with zero attached hydrogens (tertiary/aromatic N) is 2. The Bertz CT molecular complexity index is 737. The monoisotopic (exact) mass is 291 g/mol. The van der Waals surface area contributed by atoms with Gasteiger partial charge in [0, 0.05) is 18.7 Å². The van der Waals surface area contributed by atoms with Crippen LogP contribution in [0.25, 0.3) is 11.0 Å². The fourth-order valence-corrected chi connectivity index (χ4v) is 2.92. The second-order valence-corrected chi connectivity index (χ2v) is 5.26. The molecule has 0 fully saturated rings. The van der Waals surface area contributed by atoms with E-state index in [0.29, 0.717) is 18.0 Å². The SMILES string of the molecule is COc1cc2c(cc1F)nc(N)n2CCc1ccsc1. The molecule has 0 bridgehead atoms. The molecule has 0 saturated heterocycles. The summed E-state index contributed by atoms with van der Waals surface area (Å²) in [5, 5.41) is 4.15. The third-order valence-corrected chi connectivity index (χ3v) is 3.99. The smallest absolute Gasteiger partial charge is 0.201 e. The number of aryl methyl sites for hydroxylation is 2. The molecule has 0 radical (unpaired) electrons. The van der Waals surface area contributed by atoms with Gasteiger partial charge in [-0.3, -0.25) is 0 Å². The van der Waals surface area contributed by atoms with Crippen molar-refractivity contribution in [3.63, 3.8) is 0 Å². The maximum Gasteiger partial charge on any atom is 0.201 e. The van der Waals surface area contributed by atoms with E-state index in [4.69, 9.17) is 10.5 Å². The molecule has 4 nitrogen and oxygen atoms in total. The summed E-state index contributed by atoms with van der Waals surface area (Å²) >= 11 is 1.67. The number of anilines is 1. The third-order valence-electron chi connectivity index (χ3n) is 3.26. The molecule has 0 aliphatic rings. The highest BCUT2D eigenvalue weighted by Gasteiger charge is 2.13. The van der Waals surface area contributed by atoms with E-state index < -0.39 is 5.82 Å². The molecule has 0 atom stereocenters. The molecule has 6 heteroatoms. The van der Waals surface area contributed by atoms with Gasteiger partial charge in [0.25, 0.3) is 0 Å². The predicted molar refractivity (Wildman–Crippen MR) is 78.7 cm³/mol. The number of fused-ring (bicyclic) bond motifs is 1. The highest BCUT2D eigenvalue weighted by Crippen LogP contribution is 2.26. The molecule has 1 aromatic carbocycles. The van der Waals surface area contributed by atoms with Crippen LogP contribution >= 0.6 is 11.3 Å². The lowest BCUT2D eigenvalue weighted by Gasteiger charge is -2.07. The summed E-state index contributed by atoms with van der Waals surface area (Å²) in [5.74, 6) is 0.166. The molecule has 2 aromatic heterocycles. The molecule has 0 aliphatic carbocycles. The third kappa shape index (κ3) is 2.22. The first-order valence-electron chi connectivity index (χ1n) is 6.19. The van der Waals surface area contributed by atoms with E-state index >= 15 is 0 Å². The summed E-state index contributed by atoms with van der Waals surface area (Å²) in [6.07, 6.45) is 0.860. The number of hydrogen-bond acceptors (Lipinski definition) is 4. The molecule has 104 valence electrons. The Balaban J connectivity index is 1.98. The van der Waals surface area contributed by atoms with Crippen molar-refractivity contribution in [2.24, 2.45) is 0 Å². The number of halogens is 1. The highest BCUT2D eigenvalue weighted by molar-refractivity contribution is 7.07. The number of methoxy groups -OCH3 is 1. The number of hydrogen-bond donors (Lipinski definition) is 1. The molecule has 0 unspecified atom stereocenters. The second-order valence-electron chi connectivity index (χ2n) is 4.48. The van der Waals surface area contributed by atoms with Crippen LogP contribution in [-0.2, 0) is 13.0 Å². The number of benzene rings is 1. The molecule has 0 amide bonds. The first kappa shape index (κ1) is 12.9. The van der Waals surface area contributed by atoms with Crippen LogP contribution in [0.4, 0.5) is 10.3 Å². The number of aromatic nitrogens is 2. The summed E-state index contributed by atoms with van der Waals surface area (Å²) in [6.45, 7) is 0.702. The zero-order valence-corrected chi connectivity index (χ0v) is 11.8. The van der Waals surface area contributed by atoms with Gasteiger partial charge < -0.3 is 15.0 Å². The Morgan fingerprint density at radius 3 is 3.00 bits per heavy atom. The predicted octanol–water partition coefficient (Wildman–Crippen LogP) is 3.07. The van der Waals surface area contributed by atoms with Crippen molar-refractivity contribution in [2.75, 3.05) is 12.8 Å². The van der Waals surface area contributed by atoms with Gasteiger partial charge in [-0.2, -0.15) is 11.3 Å². The van der Waals surface area contributed by atoms with Crippen LogP contribution in [0.3, 0.4) is 0 Å². The Hall–Kier alpha value is -2.08. The quantitative estimate of drug-likeness (QED) is 0.803. The Labute approximate surface area is 119 Å². The number of nitrogen functional groups attached to an aromatic ring is 1. The van der Waals surface area contributed by atoms with Crippen LogP contribution in [0.5, 0.6) is 5.75 Å². The first-order chi connectivity index (χ1) is 9.69. The zero-order valence-electron chi connectivity index (χ0n) is 11.0. The largest absolute Gasteiger partial charge is 0.494 e. The van der Waals surface area contributed by atoms with Crippen LogP contribution < -0.4 is 10.5 Å². The summed E-state index contributed by atoms with van der Waals surface area (Å²) in [5.41, 5.74) is 8.52. The van der Waals surface area contributed by atoms with Crippen LogP contribution in [-0.4, -0.2) is 16.7 Å². The number of imidazole rings is 1. The number of ether oxygens (including phenoxy) is 1. The summed E-state index contributed by atoms with van der Waals surface area (Å²) < 4.78 is 20.6. The average molecular weight is 291 g/mol. The molecule has 3 aromatic rings. The summed E-state index contributed by atoms with van der Waals surface area (Å²) in [7, 11) is 1.44. The lowest BCUT2D eigenvalue weighted by molar-refractivity contribution is 0.387. The summed E-state index contributed by atoms with van der Waals surface area (Å²) in [6, 6.07) is 5.08. The van der Waals surface area contributed by atoms with Crippen LogP contribution in [0.2, 0.25) is 0 Å². The van der Waals surface area contributed by atoms with Gasteiger partial charge in [-0.05, 0) is 28.8 Å². The van der Waals surface area contributed by atoms with Gasteiger partial charge in [-0.1, -0.05) is 0 Å². The van der Waals surface area contributed by atoms with E-state index in [2.05, 4.69) is 16.4 Å². The normalized spacial score (nSPS) is 11.1. The van der Waals surface area contributed by atoms with Gasteiger partial charge in [-0.15, -0.1) is 0 Å². The first-order valence-corrected chi connectivity index (χ1v) is 7.13. The maximum absolute atomic E-state index is 13.7. The molecule has 0 saturated carbocycles. The Morgan fingerprint density at radius 2 is 2.30 bits per heavy atom. The highest BCUT2D eigenvalue weighted by atomic mass is 32.1. The van der Waals surface area contributed by atoms with E-state index in [0.717, 1.165) is 11.9 Å². The van der Waals surface area contributed by atoms with Gasteiger partial charge in [0.2, 0.25) is 5.95 Å². The van der Waals surface area contributed by atoms with Gasteiger partial charge >= 0.3 is 0 Å². The standard InChI is InChI=1S/C14H14FN3OS/c1-19-13-7-12-11(6-10(13)15)17-14(16)18(12)4-2-9-3-5-20-8-9/h3,5-8H,2,4H2,1H3,(H2,16,17). The maximum atomic E-state index is 13.7. The topological polar surface area (TPSA) is 53.1 Å². The molecule has 0 spiro atoms. The van der Waals surface area contributed by atoms with Gasteiger partial charge in [-0.25, -0.2) is 9.37 Å². The van der Waals surface area contributed by atoms with Crippen molar-refractivity contribution >= 4 is 28.3 Å². The Kier molecular flexibility index (Phi) is 3.31. The minimum atomic E-state index is -0.428. The average Bonchev–Trinajstić information content (AvgIpc) is 3.03. The van der Waals surface area contributed by atoms with E-state index in [-0.39, 0.29) is 5.75 Å².